The molecule has 2 aromatic rings. The average Bonchev–Trinajstić information content (AvgIpc) is 3.25. The summed E-state index contributed by atoms with van der Waals surface area (Å²) in [5.74, 6) is -0.963. The van der Waals surface area contributed by atoms with Crippen LogP contribution in [-0.2, 0) is 14.8 Å². The van der Waals surface area contributed by atoms with Crippen LogP contribution in [0, 0.1) is 0 Å². The van der Waals surface area contributed by atoms with Crippen molar-refractivity contribution in [1.82, 2.24) is 9.62 Å². The van der Waals surface area contributed by atoms with Gasteiger partial charge in [0.15, 0.2) is 0 Å². The first-order valence-corrected chi connectivity index (χ1v) is 10.3. The highest BCUT2D eigenvalue weighted by molar-refractivity contribution is 7.90. The Balaban J connectivity index is 1.77. The Labute approximate surface area is 154 Å². The number of thiophene rings is 1. The van der Waals surface area contributed by atoms with E-state index in [0.29, 0.717) is 24.3 Å². The van der Waals surface area contributed by atoms with E-state index in [1.165, 1.54) is 34.4 Å². The van der Waals surface area contributed by atoms with E-state index in [4.69, 9.17) is 11.6 Å². The van der Waals surface area contributed by atoms with Gasteiger partial charge in [0.1, 0.15) is 6.04 Å². The van der Waals surface area contributed by atoms with Gasteiger partial charge in [-0.05, 0) is 42.5 Å². The number of hydrogen-bond acceptors (Lipinski definition) is 5. The maximum atomic E-state index is 12.5. The number of amides is 2. The minimum absolute atomic E-state index is 0.0949. The van der Waals surface area contributed by atoms with Crippen LogP contribution in [0.5, 0.6) is 0 Å². The van der Waals surface area contributed by atoms with Gasteiger partial charge >= 0.3 is 0 Å². The van der Waals surface area contributed by atoms with Gasteiger partial charge in [0.2, 0.25) is 0 Å². The molecule has 1 unspecified atom stereocenters. The Morgan fingerprint density at radius 2 is 2.04 bits per heavy atom. The Hall–Kier alpha value is -1.90. The number of hydrogen-bond donors (Lipinski definition) is 1. The van der Waals surface area contributed by atoms with Crippen molar-refractivity contribution in [1.29, 1.82) is 0 Å². The maximum Gasteiger partial charge on any atom is 0.264 e. The molecule has 1 aliphatic heterocycles. The normalized spacial score (nSPS) is 17.5. The van der Waals surface area contributed by atoms with Gasteiger partial charge in [-0.1, -0.05) is 23.7 Å². The van der Waals surface area contributed by atoms with Gasteiger partial charge in [-0.15, -0.1) is 11.3 Å². The second-order valence-corrected chi connectivity index (χ2v) is 8.63. The predicted molar refractivity (Wildman–Crippen MR) is 95.2 cm³/mol. The Kier molecular flexibility index (Phi) is 5.12. The Morgan fingerprint density at radius 3 is 2.72 bits per heavy atom. The molecular formula is C16H15ClN2O4S2. The van der Waals surface area contributed by atoms with Gasteiger partial charge in [-0.25, -0.2) is 13.1 Å². The third kappa shape index (κ3) is 3.86. The second-order valence-electron chi connectivity index (χ2n) is 5.56. The number of benzene rings is 1. The standard InChI is InChI=1S/C16H15ClN2O4S2/c17-11-4-1-5-12(10-11)25(22,23)18-15(20)13-6-2-8-19(13)16(21)14-7-3-9-24-14/h1,3-5,7,9-10,13H,2,6,8H2,(H,18,20). The molecule has 6 nitrogen and oxygen atoms in total. The van der Waals surface area contributed by atoms with E-state index in [2.05, 4.69) is 4.72 Å². The lowest BCUT2D eigenvalue weighted by atomic mass is 10.2. The zero-order chi connectivity index (χ0) is 18.0. The SMILES string of the molecule is O=C(NS(=O)(=O)c1cccc(Cl)c1)C1CCCN1C(=O)c1cccs1. The molecule has 1 atom stereocenters. The van der Waals surface area contributed by atoms with Crippen LogP contribution >= 0.6 is 22.9 Å². The monoisotopic (exact) mass is 398 g/mol. The first-order valence-electron chi connectivity index (χ1n) is 7.55. The van der Waals surface area contributed by atoms with E-state index in [9.17, 15) is 18.0 Å². The van der Waals surface area contributed by atoms with Crippen LogP contribution in [-0.4, -0.2) is 37.7 Å². The molecule has 0 aliphatic carbocycles. The maximum absolute atomic E-state index is 12.5. The highest BCUT2D eigenvalue weighted by Crippen LogP contribution is 2.23. The summed E-state index contributed by atoms with van der Waals surface area (Å²) in [4.78, 5) is 26.8. The van der Waals surface area contributed by atoms with Crippen LogP contribution in [0.3, 0.4) is 0 Å². The zero-order valence-corrected chi connectivity index (χ0v) is 15.4. The fourth-order valence-corrected chi connectivity index (χ4v) is 4.71. The van der Waals surface area contributed by atoms with Crippen molar-refractivity contribution in [3.05, 3.63) is 51.7 Å². The molecule has 3 rings (SSSR count). The third-order valence-corrected chi connectivity index (χ3v) is 6.33. The zero-order valence-electron chi connectivity index (χ0n) is 13.0. The Bertz CT molecular complexity index is 897. The van der Waals surface area contributed by atoms with Gasteiger partial charge in [-0.2, -0.15) is 0 Å². The van der Waals surface area contributed by atoms with Crippen LogP contribution in [0.2, 0.25) is 5.02 Å². The summed E-state index contributed by atoms with van der Waals surface area (Å²) >= 11 is 7.09. The van der Waals surface area contributed by atoms with Crippen molar-refractivity contribution in [2.45, 2.75) is 23.8 Å². The molecule has 25 heavy (non-hydrogen) atoms. The van der Waals surface area contributed by atoms with E-state index >= 15 is 0 Å². The predicted octanol–water partition coefficient (Wildman–Crippen LogP) is 2.51. The van der Waals surface area contributed by atoms with Gasteiger partial charge in [0.25, 0.3) is 21.8 Å². The fraction of sp³-hybridized carbons (Fsp3) is 0.250. The quantitative estimate of drug-likeness (QED) is 0.857. The van der Waals surface area contributed by atoms with Gasteiger partial charge in [-0.3, -0.25) is 9.59 Å². The van der Waals surface area contributed by atoms with Crippen LogP contribution < -0.4 is 4.72 Å². The van der Waals surface area contributed by atoms with Crippen LogP contribution in [0.1, 0.15) is 22.5 Å². The van der Waals surface area contributed by atoms with E-state index in [1.807, 2.05) is 0 Å². The van der Waals surface area contributed by atoms with Crippen molar-refractivity contribution >= 4 is 44.8 Å². The highest BCUT2D eigenvalue weighted by atomic mass is 35.5. The molecule has 1 aliphatic rings. The number of halogens is 1. The molecule has 0 bridgehead atoms. The minimum atomic E-state index is -4.04. The average molecular weight is 399 g/mol. The van der Waals surface area contributed by atoms with E-state index < -0.39 is 22.0 Å². The number of rotatable bonds is 4. The molecule has 0 spiro atoms. The van der Waals surface area contributed by atoms with Crippen molar-refractivity contribution < 1.29 is 18.0 Å². The van der Waals surface area contributed by atoms with Crippen LogP contribution in [0.25, 0.3) is 0 Å². The molecule has 0 saturated carbocycles. The van der Waals surface area contributed by atoms with Crippen molar-refractivity contribution in [3.63, 3.8) is 0 Å². The molecule has 1 aromatic heterocycles. The number of likely N-dealkylation sites (tertiary alicyclic amines) is 1. The summed E-state index contributed by atoms with van der Waals surface area (Å²) in [6.07, 6.45) is 1.07. The second kappa shape index (κ2) is 7.15. The summed E-state index contributed by atoms with van der Waals surface area (Å²) in [6, 6.07) is 8.29. The summed E-state index contributed by atoms with van der Waals surface area (Å²) in [6.45, 7) is 0.423. The van der Waals surface area contributed by atoms with E-state index in [-0.39, 0.29) is 15.8 Å². The van der Waals surface area contributed by atoms with Gasteiger partial charge < -0.3 is 4.90 Å². The topological polar surface area (TPSA) is 83.6 Å². The molecule has 0 radical (unpaired) electrons. The largest absolute Gasteiger partial charge is 0.326 e. The third-order valence-electron chi connectivity index (χ3n) is 3.89. The number of sulfonamides is 1. The first kappa shape index (κ1) is 17.9. The number of nitrogens with zero attached hydrogens (tertiary/aromatic N) is 1. The highest BCUT2D eigenvalue weighted by Gasteiger charge is 2.36. The summed E-state index contributed by atoms with van der Waals surface area (Å²) in [7, 11) is -4.04. The molecule has 9 heteroatoms. The molecule has 132 valence electrons. The van der Waals surface area contributed by atoms with Crippen LogP contribution in [0.15, 0.2) is 46.7 Å². The van der Waals surface area contributed by atoms with E-state index in [1.54, 1.807) is 23.6 Å². The fourth-order valence-electron chi connectivity index (χ4n) is 2.72. The van der Waals surface area contributed by atoms with E-state index in [0.717, 1.165) is 0 Å². The van der Waals surface area contributed by atoms with Crippen molar-refractivity contribution in [2.75, 3.05) is 6.54 Å². The molecule has 2 heterocycles. The molecule has 2 amide bonds. The number of carbonyl (C=O) groups is 2. The Morgan fingerprint density at radius 1 is 1.24 bits per heavy atom. The first-order chi connectivity index (χ1) is 11.9. The molecule has 1 fully saturated rings. The lowest BCUT2D eigenvalue weighted by Gasteiger charge is -2.23. The molecule has 1 saturated heterocycles. The summed E-state index contributed by atoms with van der Waals surface area (Å²) < 4.78 is 26.8. The summed E-state index contributed by atoms with van der Waals surface area (Å²) in [5.41, 5.74) is 0. The molecule has 1 aromatic carbocycles. The lowest BCUT2D eigenvalue weighted by Crippen LogP contribution is -2.47. The van der Waals surface area contributed by atoms with Gasteiger partial charge in [0.05, 0.1) is 9.77 Å². The number of nitrogens with one attached hydrogen (secondary N) is 1. The number of carbonyl (C=O) groups excluding carboxylic acids is 2. The molecule has 1 N–H and O–H groups in total. The van der Waals surface area contributed by atoms with Crippen molar-refractivity contribution in [3.8, 4) is 0 Å². The molecular weight excluding hydrogens is 384 g/mol. The van der Waals surface area contributed by atoms with Crippen molar-refractivity contribution in [2.24, 2.45) is 0 Å². The lowest BCUT2D eigenvalue weighted by molar-refractivity contribution is -0.123. The summed E-state index contributed by atoms with van der Waals surface area (Å²) in [5, 5.41) is 2.04. The smallest absolute Gasteiger partial charge is 0.264 e. The minimum Gasteiger partial charge on any atom is -0.326 e. The van der Waals surface area contributed by atoms with Gasteiger partial charge in [0, 0.05) is 11.6 Å². The van der Waals surface area contributed by atoms with Crippen LogP contribution in [0.4, 0.5) is 0 Å².